The van der Waals surface area contributed by atoms with E-state index >= 15 is 0 Å². The highest BCUT2D eigenvalue weighted by atomic mass is 16.5. The van der Waals surface area contributed by atoms with Crippen molar-refractivity contribution in [3.8, 4) is 11.5 Å². The van der Waals surface area contributed by atoms with Gasteiger partial charge >= 0.3 is 0 Å². The van der Waals surface area contributed by atoms with E-state index in [0.29, 0.717) is 11.7 Å². The summed E-state index contributed by atoms with van der Waals surface area (Å²) in [5, 5.41) is 10.8. The zero-order chi connectivity index (χ0) is 17.7. The molecule has 24 heavy (non-hydrogen) atoms. The summed E-state index contributed by atoms with van der Waals surface area (Å²) < 4.78 is 5.67. The number of ether oxygens (including phenoxy) is 1. The van der Waals surface area contributed by atoms with Crippen molar-refractivity contribution >= 4 is 0 Å². The monoisotopic (exact) mass is 328 g/mol. The SMILES string of the molecule is C=C(C)[C@H]1CCC(C)=C[C@@H]1c1c(O)cc(CCCCC)cc1OC. The van der Waals surface area contributed by atoms with Gasteiger partial charge in [0.15, 0.2) is 0 Å². The Morgan fingerprint density at radius 2 is 2.08 bits per heavy atom. The van der Waals surface area contributed by atoms with Crippen molar-refractivity contribution in [3.05, 3.63) is 47.1 Å². The highest BCUT2D eigenvalue weighted by molar-refractivity contribution is 5.52. The molecule has 0 radical (unpaired) electrons. The largest absolute Gasteiger partial charge is 0.507 e. The molecule has 1 N–H and O–H groups in total. The van der Waals surface area contributed by atoms with Gasteiger partial charge in [0.05, 0.1) is 7.11 Å². The van der Waals surface area contributed by atoms with E-state index in [2.05, 4.69) is 39.5 Å². The van der Waals surface area contributed by atoms with E-state index in [-0.39, 0.29) is 5.92 Å². The van der Waals surface area contributed by atoms with Crippen molar-refractivity contribution in [2.45, 2.75) is 65.2 Å². The van der Waals surface area contributed by atoms with Crippen LogP contribution in [0.2, 0.25) is 0 Å². The Hall–Kier alpha value is -1.70. The number of unbranched alkanes of at least 4 members (excludes halogenated alkanes) is 2. The Kier molecular flexibility index (Phi) is 6.53. The van der Waals surface area contributed by atoms with Crippen LogP contribution in [-0.4, -0.2) is 12.2 Å². The van der Waals surface area contributed by atoms with Gasteiger partial charge in [-0.1, -0.05) is 43.6 Å². The molecule has 0 saturated heterocycles. The van der Waals surface area contributed by atoms with Crippen LogP contribution < -0.4 is 4.74 Å². The lowest BCUT2D eigenvalue weighted by atomic mass is 9.73. The molecule has 0 heterocycles. The highest BCUT2D eigenvalue weighted by Crippen LogP contribution is 2.46. The maximum Gasteiger partial charge on any atom is 0.126 e. The van der Waals surface area contributed by atoms with E-state index < -0.39 is 0 Å². The summed E-state index contributed by atoms with van der Waals surface area (Å²) in [6.45, 7) is 10.6. The molecule has 0 unspecified atom stereocenters. The van der Waals surface area contributed by atoms with Crippen LogP contribution in [0, 0.1) is 5.92 Å². The van der Waals surface area contributed by atoms with E-state index in [0.717, 1.165) is 42.6 Å². The molecule has 2 atom stereocenters. The van der Waals surface area contributed by atoms with Crippen molar-refractivity contribution < 1.29 is 9.84 Å². The van der Waals surface area contributed by atoms with Gasteiger partial charge in [-0.25, -0.2) is 0 Å². The number of aromatic hydroxyl groups is 1. The zero-order valence-electron chi connectivity index (χ0n) is 15.7. The number of methoxy groups -OCH3 is 1. The Morgan fingerprint density at radius 1 is 1.33 bits per heavy atom. The van der Waals surface area contributed by atoms with Gasteiger partial charge in [-0.3, -0.25) is 0 Å². The summed E-state index contributed by atoms with van der Waals surface area (Å²) in [5.74, 6) is 1.68. The average molecular weight is 328 g/mol. The van der Waals surface area contributed by atoms with Gasteiger partial charge in [-0.2, -0.15) is 0 Å². The molecule has 1 aliphatic carbocycles. The number of aryl methyl sites for hydroxylation is 1. The van der Waals surface area contributed by atoms with E-state index in [1.54, 1.807) is 7.11 Å². The molecule has 0 aliphatic heterocycles. The van der Waals surface area contributed by atoms with Crippen LogP contribution in [0.25, 0.3) is 0 Å². The van der Waals surface area contributed by atoms with Crippen LogP contribution >= 0.6 is 0 Å². The predicted molar refractivity (Wildman–Crippen MR) is 102 cm³/mol. The molecule has 2 nitrogen and oxygen atoms in total. The first kappa shape index (κ1) is 18.6. The van der Waals surface area contributed by atoms with E-state index in [1.807, 2.05) is 6.07 Å². The van der Waals surface area contributed by atoms with Gasteiger partial charge in [0, 0.05) is 11.5 Å². The molecule has 132 valence electrons. The van der Waals surface area contributed by atoms with Crippen LogP contribution in [0.3, 0.4) is 0 Å². The molecule has 0 spiro atoms. The standard InChI is InChI=1S/C22H32O2/c1-6-7-8-9-17-13-20(23)22(21(14-17)24-5)19-12-16(4)10-11-18(19)15(2)3/h12-14,18-19,23H,2,6-11H2,1,3-5H3/t18-,19+/m1/s1. The Morgan fingerprint density at radius 3 is 2.71 bits per heavy atom. The molecule has 0 aromatic heterocycles. The minimum atomic E-state index is 0.149. The molecule has 2 rings (SSSR count). The minimum Gasteiger partial charge on any atom is -0.507 e. The smallest absolute Gasteiger partial charge is 0.126 e. The first-order valence-electron chi connectivity index (χ1n) is 9.20. The molecule has 0 bridgehead atoms. The van der Waals surface area contributed by atoms with Crippen molar-refractivity contribution in [1.29, 1.82) is 0 Å². The molecular formula is C22H32O2. The number of hydrogen-bond donors (Lipinski definition) is 1. The number of hydrogen-bond acceptors (Lipinski definition) is 2. The van der Waals surface area contributed by atoms with E-state index in [9.17, 15) is 5.11 Å². The topological polar surface area (TPSA) is 29.5 Å². The van der Waals surface area contributed by atoms with Gasteiger partial charge in [-0.05, 0) is 63.1 Å². The second-order valence-corrected chi connectivity index (χ2v) is 7.22. The van der Waals surface area contributed by atoms with E-state index in [4.69, 9.17) is 4.74 Å². The summed E-state index contributed by atoms with van der Waals surface area (Å²) in [6.07, 6.45) is 9.03. The number of benzene rings is 1. The molecular weight excluding hydrogens is 296 g/mol. The third kappa shape index (κ3) is 4.23. The first-order chi connectivity index (χ1) is 11.5. The lowest BCUT2D eigenvalue weighted by molar-refractivity contribution is 0.381. The third-order valence-corrected chi connectivity index (χ3v) is 5.18. The number of rotatable bonds is 7. The molecule has 1 aliphatic rings. The number of phenolic OH excluding ortho intramolecular Hbond substituents is 1. The molecule has 0 saturated carbocycles. The second kappa shape index (κ2) is 8.41. The van der Waals surface area contributed by atoms with Gasteiger partial charge in [0.2, 0.25) is 0 Å². The van der Waals surface area contributed by atoms with Crippen LogP contribution in [0.5, 0.6) is 11.5 Å². The summed E-state index contributed by atoms with van der Waals surface area (Å²) in [4.78, 5) is 0. The van der Waals surface area contributed by atoms with Crippen LogP contribution in [0.4, 0.5) is 0 Å². The number of phenols is 1. The minimum absolute atomic E-state index is 0.149. The highest BCUT2D eigenvalue weighted by Gasteiger charge is 2.30. The molecule has 1 aromatic rings. The van der Waals surface area contributed by atoms with Crippen molar-refractivity contribution in [3.63, 3.8) is 0 Å². The summed E-state index contributed by atoms with van der Waals surface area (Å²) in [6, 6.07) is 4.04. The maximum absolute atomic E-state index is 10.8. The Bertz CT molecular complexity index is 613. The predicted octanol–water partition coefficient (Wildman–Crippen LogP) is 6.15. The van der Waals surface area contributed by atoms with Gasteiger partial charge < -0.3 is 9.84 Å². The Labute approximate surface area is 147 Å². The van der Waals surface area contributed by atoms with Gasteiger partial charge in [0.1, 0.15) is 11.5 Å². The summed E-state index contributed by atoms with van der Waals surface area (Å²) >= 11 is 0. The molecule has 0 amide bonds. The van der Waals surface area contributed by atoms with Crippen molar-refractivity contribution in [2.24, 2.45) is 5.92 Å². The normalized spacial score (nSPS) is 20.6. The lowest BCUT2D eigenvalue weighted by Crippen LogP contribution is -2.17. The molecule has 1 aromatic carbocycles. The van der Waals surface area contributed by atoms with Crippen molar-refractivity contribution in [1.82, 2.24) is 0 Å². The van der Waals surface area contributed by atoms with Gasteiger partial charge in [0.25, 0.3) is 0 Å². The van der Waals surface area contributed by atoms with Gasteiger partial charge in [-0.15, -0.1) is 0 Å². The fraction of sp³-hybridized carbons (Fsp3) is 0.545. The fourth-order valence-corrected chi connectivity index (χ4v) is 3.80. The third-order valence-electron chi connectivity index (χ3n) is 5.18. The summed E-state index contributed by atoms with van der Waals surface area (Å²) in [7, 11) is 1.70. The van der Waals surface area contributed by atoms with Crippen LogP contribution in [-0.2, 0) is 6.42 Å². The molecule has 2 heteroatoms. The van der Waals surface area contributed by atoms with E-state index in [1.165, 1.54) is 24.0 Å². The average Bonchev–Trinajstić information content (AvgIpc) is 2.54. The van der Waals surface area contributed by atoms with Crippen LogP contribution in [0.15, 0.2) is 35.9 Å². The van der Waals surface area contributed by atoms with Crippen LogP contribution in [0.1, 0.15) is 69.9 Å². The quantitative estimate of drug-likeness (QED) is 0.480. The first-order valence-corrected chi connectivity index (χ1v) is 9.20. The zero-order valence-corrected chi connectivity index (χ0v) is 15.7. The second-order valence-electron chi connectivity index (χ2n) is 7.22. The maximum atomic E-state index is 10.8. The lowest BCUT2D eigenvalue weighted by Gasteiger charge is -2.32. The summed E-state index contributed by atoms with van der Waals surface area (Å²) in [5.41, 5.74) is 4.64. The van der Waals surface area contributed by atoms with Crippen molar-refractivity contribution in [2.75, 3.05) is 7.11 Å². The number of allylic oxidation sites excluding steroid dienone is 3. The fourth-order valence-electron chi connectivity index (χ4n) is 3.80. The molecule has 0 fully saturated rings. The Balaban J connectivity index is 2.40.